The van der Waals surface area contributed by atoms with Gasteiger partial charge in [0.2, 0.25) is 0 Å². The minimum Gasteiger partial charge on any atom is -0.444 e. The fraction of sp³-hybridized carbons (Fsp3) is 0.923. The predicted octanol–water partition coefficient (Wildman–Crippen LogP) is 3.81. The Balaban J connectivity index is 2.73. The smallest absolute Gasteiger partial charge is 0.410 e. The fourth-order valence-corrected chi connectivity index (χ4v) is 2.58. The van der Waals surface area contributed by atoms with E-state index in [0.717, 1.165) is 24.7 Å². The van der Waals surface area contributed by atoms with Gasteiger partial charge in [0.25, 0.3) is 0 Å². The number of nitrogens with zero attached hydrogens (tertiary/aromatic N) is 1. The average molecular weight is 306 g/mol. The molecule has 0 aromatic rings. The Morgan fingerprint density at radius 2 is 1.94 bits per heavy atom. The summed E-state index contributed by atoms with van der Waals surface area (Å²) in [6, 6.07) is 0.275. The Bertz CT molecular complexity index is 284. The molecule has 3 nitrogen and oxygen atoms in total. The first-order valence-electron chi connectivity index (χ1n) is 6.23. The summed E-state index contributed by atoms with van der Waals surface area (Å²) in [7, 11) is 0. The highest BCUT2D eigenvalue weighted by atomic mass is 79.9. The van der Waals surface area contributed by atoms with E-state index in [-0.39, 0.29) is 17.6 Å². The zero-order chi connectivity index (χ0) is 13.3. The number of amides is 1. The second-order valence-corrected chi connectivity index (χ2v) is 7.01. The molecular weight excluding hydrogens is 282 g/mol. The zero-order valence-electron chi connectivity index (χ0n) is 11.5. The lowest BCUT2D eigenvalue weighted by Crippen LogP contribution is -2.47. The predicted molar refractivity (Wildman–Crippen MR) is 73.5 cm³/mol. The van der Waals surface area contributed by atoms with Crippen LogP contribution in [0.2, 0.25) is 0 Å². The van der Waals surface area contributed by atoms with Crippen molar-refractivity contribution in [2.75, 3.05) is 11.9 Å². The van der Waals surface area contributed by atoms with Gasteiger partial charge in [0, 0.05) is 17.9 Å². The van der Waals surface area contributed by atoms with Gasteiger partial charge in [-0.1, -0.05) is 29.8 Å². The minimum absolute atomic E-state index is 0.0907. The summed E-state index contributed by atoms with van der Waals surface area (Å²) in [4.78, 5) is 14.0. The highest BCUT2D eigenvalue weighted by Crippen LogP contribution is 2.35. The van der Waals surface area contributed by atoms with E-state index in [1.165, 1.54) is 0 Å². The van der Waals surface area contributed by atoms with Crippen molar-refractivity contribution in [2.45, 2.75) is 59.1 Å². The van der Waals surface area contributed by atoms with Gasteiger partial charge < -0.3 is 9.64 Å². The lowest BCUT2D eigenvalue weighted by molar-refractivity contribution is 0.0128. The molecule has 0 saturated carbocycles. The molecule has 0 radical (unpaired) electrons. The molecule has 1 unspecified atom stereocenters. The lowest BCUT2D eigenvalue weighted by atomic mass is 9.85. The van der Waals surface area contributed by atoms with Crippen LogP contribution in [0.25, 0.3) is 0 Å². The second kappa shape index (κ2) is 5.17. The molecule has 1 saturated heterocycles. The normalized spacial score (nSPS) is 21.8. The summed E-state index contributed by atoms with van der Waals surface area (Å²) in [6.07, 6.45) is 1.96. The zero-order valence-corrected chi connectivity index (χ0v) is 13.1. The minimum atomic E-state index is -0.414. The van der Waals surface area contributed by atoms with E-state index in [0.29, 0.717) is 0 Å². The molecule has 1 amide bonds. The molecule has 100 valence electrons. The molecular formula is C13H24BrNO2. The van der Waals surface area contributed by atoms with Crippen molar-refractivity contribution in [1.29, 1.82) is 0 Å². The van der Waals surface area contributed by atoms with Crippen molar-refractivity contribution in [1.82, 2.24) is 4.90 Å². The summed E-state index contributed by atoms with van der Waals surface area (Å²) < 4.78 is 5.46. The SMILES string of the molecule is CC(C)(C)OC(=O)N1CCCC1C(C)(C)CBr. The fourth-order valence-electron chi connectivity index (χ4n) is 2.21. The largest absolute Gasteiger partial charge is 0.444 e. The van der Waals surface area contributed by atoms with Crippen LogP contribution < -0.4 is 0 Å². The molecule has 1 atom stereocenters. The van der Waals surface area contributed by atoms with E-state index in [1.54, 1.807) is 0 Å². The van der Waals surface area contributed by atoms with Gasteiger partial charge in [-0.3, -0.25) is 0 Å². The maximum atomic E-state index is 12.1. The first-order valence-corrected chi connectivity index (χ1v) is 7.35. The average Bonchev–Trinajstić information content (AvgIpc) is 2.63. The maximum absolute atomic E-state index is 12.1. The molecule has 1 heterocycles. The molecule has 0 N–H and O–H groups in total. The second-order valence-electron chi connectivity index (χ2n) is 6.45. The summed E-state index contributed by atoms with van der Waals surface area (Å²) in [5, 5.41) is 0.893. The van der Waals surface area contributed by atoms with Crippen LogP contribution >= 0.6 is 15.9 Å². The summed E-state index contributed by atoms with van der Waals surface area (Å²) in [5.41, 5.74) is -0.323. The Hall–Kier alpha value is -0.250. The molecule has 0 aromatic carbocycles. The van der Waals surface area contributed by atoms with Crippen LogP contribution in [-0.2, 0) is 4.74 Å². The first-order chi connectivity index (χ1) is 7.67. The lowest BCUT2D eigenvalue weighted by Gasteiger charge is -2.37. The Kier molecular flexibility index (Phi) is 4.50. The van der Waals surface area contributed by atoms with Crippen molar-refractivity contribution in [3.63, 3.8) is 0 Å². The number of carbonyl (C=O) groups excluding carboxylic acids is 1. The first kappa shape index (κ1) is 14.8. The number of hydrogen-bond acceptors (Lipinski definition) is 2. The van der Waals surface area contributed by atoms with Crippen LogP contribution in [0.5, 0.6) is 0 Å². The molecule has 0 aromatic heterocycles. The van der Waals surface area contributed by atoms with E-state index in [2.05, 4.69) is 29.8 Å². The van der Waals surface area contributed by atoms with Crippen LogP contribution in [0, 0.1) is 5.41 Å². The number of hydrogen-bond donors (Lipinski definition) is 0. The van der Waals surface area contributed by atoms with Crippen molar-refractivity contribution in [3.05, 3.63) is 0 Å². The van der Waals surface area contributed by atoms with Crippen molar-refractivity contribution < 1.29 is 9.53 Å². The van der Waals surface area contributed by atoms with E-state index >= 15 is 0 Å². The Morgan fingerprint density at radius 3 is 2.41 bits per heavy atom. The Labute approximate surface area is 113 Å². The molecule has 0 spiro atoms. The standard InChI is InChI=1S/C13H24BrNO2/c1-12(2,3)17-11(16)15-8-6-7-10(15)13(4,5)9-14/h10H,6-9H2,1-5H3. The number of alkyl halides is 1. The summed E-state index contributed by atoms with van der Waals surface area (Å²) in [5.74, 6) is 0. The van der Waals surface area contributed by atoms with Gasteiger partial charge in [0.1, 0.15) is 5.60 Å². The Morgan fingerprint density at radius 1 is 1.35 bits per heavy atom. The molecule has 1 aliphatic heterocycles. The third-order valence-electron chi connectivity index (χ3n) is 3.13. The van der Waals surface area contributed by atoms with Gasteiger partial charge in [-0.25, -0.2) is 4.79 Å². The van der Waals surface area contributed by atoms with E-state index in [9.17, 15) is 4.79 Å². The van der Waals surface area contributed by atoms with Crippen LogP contribution in [0.4, 0.5) is 4.79 Å². The van der Waals surface area contributed by atoms with Gasteiger partial charge in [-0.15, -0.1) is 0 Å². The highest BCUT2D eigenvalue weighted by Gasteiger charge is 2.40. The van der Waals surface area contributed by atoms with Crippen LogP contribution in [0.15, 0.2) is 0 Å². The monoisotopic (exact) mass is 305 g/mol. The molecule has 1 fully saturated rings. The number of likely N-dealkylation sites (tertiary alicyclic amines) is 1. The van der Waals surface area contributed by atoms with Gasteiger partial charge in [0.05, 0.1) is 0 Å². The van der Waals surface area contributed by atoms with Crippen LogP contribution in [0.1, 0.15) is 47.5 Å². The van der Waals surface area contributed by atoms with Crippen molar-refractivity contribution in [2.24, 2.45) is 5.41 Å². The van der Waals surface area contributed by atoms with Gasteiger partial charge in [-0.05, 0) is 39.0 Å². The molecule has 17 heavy (non-hydrogen) atoms. The topological polar surface area (TPSA) is 29.5 Å². The molecule has 4 heteroatoms. The van der Waals surface area contributed by atoms with Crippen molar-refractivity contribution >= 4 is 22.0 Å². The third kappa shape index (κ3) is 3.87. The van der Waals surface area contributed by atoms with Gasteiger partial charge >= 0.3 is 6.09 Å². The van der Waals surface area contributed by atoms with Crippen LogP contribution in [0.3, 0.4) is 0 Å². The quantitative estimate of drug-likeness (QED) is 0.726. The highest BCUT2D eigenvalue weighted by molar-refractivity contribution is 9.09. The van der Waals surface area contributed by atoms with Crippen molar-refractivity contribution in [3.8, 4) is 0 Å². The molecule has 1 rings (SSSR count). The number of carbonyl (C=O) groups is 1. The van der Waals surface area contributed by atoms with Gasteiger partial charge in [0.15, 0.2) is 0 Å². The van der Waals surface area contributed by atoms with E-state index < -0.39 is 5.60 Å². The molecule has 1 aliphatic rings. The third-order valence-corrected chi connectivity index (χ3v) is 4.57. The number of ether oxygens (including phenoxy) is 1. The summed E-state index contributed by atoms with van der Waals surface area (Å²) in [6.45, 7) is 10.9. The van der Waals surface area contributed by atoms with Crippen LogP contribution in [-0.4, -0.2) is 34.5 Å². The molecule has 0 aliphatic carbocycles. The maximum Gasteiger partial charge on any atom is 0.410 e. The summed E-state index contributed by atoms with van der Waals surface area (Å²) >= 11 is 3.54. The number of rotatable bonds is 2. The van der Waals surface area contributed by atoms with E-state index in [1.807, 2.05) is 25.7 Å². The molecule has 0 bridgehead atoms. The number of halogens is 1. The van der Waals surface area contributed by atoms with Gasteiger partial charge in [-0.2, -0.15) is 0 Å². The van der Waals surface area contributed by atoms with E-state index in [4.69, 9.17) is 4.74 Å².